The summed E-state index contributed by atoms with van der Waals surface area (Å²) in [6.07, 6.45) is 2.08. The highest BCUT2D eigenvalue weighted by Crippen LogP contribution is 2.18. The normalized spacial score (nSPS) is 14.9. The molecule has 1 aliphatic rings. The number of likely N-dealkylation sites (tertiary alicyclic amines) is 1. The number of nitrogens with one attached hydrogen (secondary N) is 1. The molecule has 0 bridgehead atoms. The third kappa shape index (κ3) is 3.69. The number of rotatable bonds is 3. The van der Waals surface area contributed by atoms with E-state index in [1.54, 1.807) is 36.4 Å². The average molecular weight is 321 g/mol. The summed E-state index contributed by atoms with van der Waals surface area (Å²) >= 11 is 0. The van der Waals surface area contributed by atoms with Crippen LogP contribution in [0.2, 0.25) is 0 Å². The molecule has 3 rings (SSSR count). The number of hydrogen-bond acceptors (Lipinski definition) is 5. The summed E-state index contributed by atoms with van der Waals surface area (Å²) in [6.45, 7) is 3.78. The van der Waals surface area contributed by atoms with Gasteiger partial charge < -0.3 is 10.2 Å². The zero-order valence-corrected chi connectivity index (χ0v) is 13.6. The van der Waals surface area contributed by atoms with E-state index >= 15 is 0 Å². The molecule has 0 spiro atoms. The summed E-state index contributed by atoms with van der Waals surface area (Å²) in [6, 6.07) is 12.6. The van der Waals surface area contributed by atoms with Crippen molar-refractivity contribution in [1.29, 1.82) is 5.26 Å². The Labute approximate surface area is 141 Å². The van der Waals surface area contributed by atoms with Gasteiger partial charge in [0.25, 0.3) is 5.91 Å². The standard InChI is InChI=1S/C18H19N5O/c1-13-8-10-23(11-9-13)18(24)16-6-7-17(22-21-16)20-15-4-2-14(12-19)3-5-15/h2-7,13H,8-11H2,1H3,(H,20,22). The molecule has 0 atom stereocenters. The second kappa shape index (κ2) is 7.09. The van der Waals surface area contributed by atoms with Crippen molar-refractivity contribution in [2.24, 2.45) is 5.92 Å². The smallest absolute Gasteiger partial charge is 0.274 e. The highest BCUT2D eigenvalue weighted by atomic mass is 16.2. The predicted octanol–water partition coefficient (Wildman–Crippen LogP) is 2.96. The van der Waals surface area contributed by atoms with Gasteiger partial charge in [-0.25, -0.2) is 0 Å². The summed E-state index contributed by atoms with van der Waals surface area (Å²) in [7, 11) is 0. The first kappa shape index (κ1) is 15.9. The first-order valence-corrected chi connectivity index (χ1v) is 8.06. The fraction of sp³-hybridized carbons (Fsp3) is 0.333. The maximum absolute atomic E-state index is 12.4. The fourth-order valence-corrected chi connectivity index (χ4v) is 2.66. The van der Waals surface area contributed by atoms with Gasteiger partial charge in [-0.05, 0) is 55.2 Å². The quantitative estimate of drug-likeness (QED) is 0.940. The summed E-state index contributed by atoms with van der Waals surface area (Å²) in [5.74, 6) is 1.18. The second-order valence-electron chi connectivity index (χ2n) is 6.09. The van der Waals surface area contributed by atoms with Crippen molar-refractivity contribution in [1.82, 2.24) is 15.1 Å². The van der Waals surface area contributed by atoms with Gasteiger partial charge in [0.05, 0.1) is 11.6 Å². The molecule has 1 fully saturated rings. The monoisotopic (exact) mass is 321 g/mol. The van der Waals surface area contributed by atoms with Crippen molar-refractivity contribution >= 4 is 17.4 Å². The van der Waals surface area contributed by atoms with Crippen LogP contribution in [-0.2, 0) is 0 Å². The molecule has 6 nitrogen and oxygen atoms in total. The summed E-state index contributed by atoms with van der Waals surface area (Å²) in [5, 5.41) is 20.0. The molecular formula is C18H19N5O. The van der Waals surface area contributed by atoms with Crippen LogP contribution in [0.5, 0.6) is 0 Å². The average Bonchev–Trinajstić information content (AvgIpc) is 2.63. The third-order valence-corrected chi connectivity index (χ3v) is 4.24. The second-order valence-corrected chi connectivity index (χ2v) is 6.09. The van der Waals surface area contributed by atoms with Gasteiger partial charge in [0.15, 0.2) is 11.5 Å². The molecule has 0 unspecified atom stereocenters. The van der Waals surface area contributed by atoms with Crippen LogP contribution in [0, 0.1) is 17.2 Å². The zero-order valence-electron chi connectivity index (χ0n) is 13.6. The van der Waals surface area contributed by atoms with Crippen molar-refractivity contribution < 1.29 is 4.79 Å². The molecule has 1 N–H and O–H groups in total. The van der Waals surface area contributed by atoms with Gasteiger partial charge >= 0.3 is 0 Å². The predicted molar refractivity (Wildman–Crippen MR) is 90.8 cm³/mol. The molecule has 0 aliphatic carbocycles. The van der Waals surface area contributed by atoms with E-state index in [0.717, 1.165) is 31.6 Å². The minimum Gasteiger partial charge on any atom is -0.339 e. The largest absolute Gasteiger partial charge is 0.339 e. The molecule has 1 aromatic carbocycles. The number of amides is 1. The lowest BCUT2D eigenvalue weighted by atomic mass is 9.99. The Bertz CT molecular complexity index is 740. The number of anilines is 2. The lowest BCUT2D eigenvalue weighted by Gasteiger charge is -2.29. The van der Waals surface area contributed by atoms with E-state index in [0.29, 0.717) is 23.0 Å². The van der Waals surface area contributed by atoms with Crippen molar-refractivity contribution in [2.75, 3.05) is 18.4 Å². The maximum atomic E-state index is 12.4. The number of carbonyl (C=O) groups is 1. The molecule has 1 saturated heterocycles. The van der Waals surface area contributed by atoms with E-state index in [1.165, 1.54) is 0 Å². The van der Waals surface area contributed by atoms with Crippen LogP contribution in [0.25, 0.3) is 0 Å². The summed E-state index contributed by atoms with van der Waals surface area (Å²) in [4.78, 5) is 14.3. The number of nitriles is 1. The minimum atomic E-state index is -0.0562. The van der Waals surface area contributed by atoms with Crippen LogP contribution in [0.4, 0.5) is 11.5 Å². The molecule has 1 aliphatic heterocycles. The summed E-state index contributed by atoms with van der Waals surface area (Å²) in [5.41, 5.74) is 1.78. The lowest BCUT2D eigenvalue weighted by molar-refractivity contribution is 0.0690. The van der Waals surface area contributed by atoms with Crippen LogP contribution in [0.3, 0.4) is 0 Å². The molecule has 6 heteroatoms. The Morgan fingerprint density at radius 1 is 1.17 bits per heavy atom. The van der Waals surface area contributed by atoms with E-state index < -0.39 is 0 Å². The molecule has 2 heterocycles. The number of nitrogens with zero attached hydrogens (tertiary/aromatic N) is 4. The number of hydrogen-bond donors (Lipinski definition) is 1. The molecule has 122 valence electrons. The van der Waals surface area contributed by atoms with E-state index in [2.05, 4.69) is 28.5 Å². The number of benzene rings is 1. The Hall–Kier alpha value is -2.94. The van der Waals surface area contributed by atoms with E-state index in [-0.39, 0.29) is 5.91 Å². The van der Waals surface area contributed by atoms with Gasteiger partial charge in [0, 0.05) is 18.8 Å². The molecule has 1 aromatic heterocycles. The van der Waals surface area contributed by atoms with Crippen LogP contribution < -0.4 is 5.32 Å². The Morgan fingerprint density at radius 2 is 1.88 bits per heavy atom. The number of aromatic nitrogens is 2. The van der Waals surface area contributed by atoms with Crippen LogP contribution in [0.1, 0.15) is 35.8 Å². The van der Waals surface area contributed by atoms with Gasteiger partial charge in [-0.2, -0.15) is 5.26 Å². The SMILES string of the molecule is CC1CCN(C(=O)c2ccc(Nc3ccc(C#N)cc3)nn2)CC1. The van der Waals surface area contributed by atoms with E-state index in [9.17, 15) is 4.79 Å². The highest BCUT2D eigenvalue weighted by Gasteiger charge is 2.22. The van der Waals surface area contributed by atoms with Gasteiger partial charge in [0.2, 0.25) is 0 Å². The number of piperidine rings is 1. The molecule has 0 radical (unpaired) electrons. The minimum absolute atomic E-state index is 0.0562. The topological polar surface area (TPSA) is 81.9 Å². The Kier molecular flexibility index (Phi) is 4.71. The van der Waals surface area contributed by atoms with E-state index in [4.69, 9.17) is 5.26 Å². The van der Waals surface area contributed by atoms with Crippen molar-refractivity contribution in [3.8, 4) is 6.07 Å². The van der Waals surface area contributed by atoms with Crippen LogP contribution in [-0.4, -0.2) is 34.1 Å². The van der Waals surface area contributed by atoms with Gasteiger partial charge in [-0.3, -0.25) is 4.79 Å². The molecule has 1 amide bonds. The lowest BCUT2D eigenvalue weighted by Crippen LogP contribution is -2.38. The van der Waals surface area contributed by atoms with Crippen molar-refractivity contribution in [3.63, 3.8) is 0 Å². The molecule has 0 saturated carbocycles. The fourth-order valence-electron chi connectivity index (χ4n) is 2.66. The van der Waals surface area contributed by atoms with Gasteiger partial charge in [0.1, 0.15) is 0 Å². The van der Waals surface area contributed by atoms with Gasteiger partial charge in [-0.15, -0.1) is 10.2 Å². The van der Waals surface area contributed by atoms with Gasteiger partial charge in [-0.1, -0.05) is 6.92 Å². The van der Waals surface area contributed by atoms with Crippen LogP contribution >= 0.6 is 0 Å². The highest BCUT2D eigenvalue weighted by molar-refractivity contribution is 5.92. The maximum Gasteiger partial charge on any atom is 0.274 e. The molecular weight excluding hydrogens is 302 g/mol. The zero-order chi connectivity index (χ0) is 16.9. The Morgan fingerprint density at radius 3 is 2.46 bits per heavy atom. The summed E-state index contributed by atoms with van der Waals surface area (Å²) < 4.78 is 0. The van der Waals surface area contributed by atoms with Crippen molar-refractivity contribution in [2.45, 2.75) is 19.8 Å². The molecule has 24 heavy (non-hydrogen) atoms. The Balaban J connectivity index is 1.64. The van der Waals surface area contributed by atoms with Crippen molar-refractivity contribution in [3.05, 3.63) is 47.7 Å². The number of carbonyl (C=O) groups excluding carboxylic acids is 1. The van der Waals surface area contributed by atoms with Crippen LogP contribution in [0.15, 0.2) is 36.4 Å². The third-order valence-electron chi connectivity index (χ3n) is 4.24. The van der Waals surface area contributed by atoms with E-state index in [1.807, 2.05) is 4.90 Å². The first-order valence-electron chi connectivity index (χ1n) is 8.06. The first-order chi connectivity index (χ1) is 11.7. The molecule has 2 aromatic rings.